The van der Waals surface area contributed by atoms with Crippen molar-refractivity contribution in [3.63, 3.8) is 0 Å². The Balaban J connectivity index is 2.33. The van der Waals surface area contributed by atoms with Crippen LogP contribution in [0, 0.1) is 11.3 Å². The molecule has 1 aliphatic rings. The second-order valence-electron chi connectivity index (χ2n) is 4.63. The summed E-state index contributed by atoms with van der Waals surface area (Å²) in [5, 5.41) is 18.4. The van der Waals surface area contributed by atoms with Crippen LogP contribution in [0.15, 0.2) is 22.7 Å². The molecule has 1 aromatic rings. The minimum atomic E-state index is 0.205. The molecule has 1 aliphatic heterocycles. The number of hydrogen-bond donors (Lipinski definition) is 1. The molecule has 0 saturated carbocycles. The van der Waals surface area contributed by atoms with Gasteiger partial charge in [-0.3, -0.25) is 0 Å². The minimum absolute atomic E-state index is 0.205. The number of nitrogens with zero attached hydrogens (tertiary/aromatic N) is 2. The Morgan fingerprint density at radius 2 is 2.28 bits per heavy atom. The standard InChI is InChI=1S/C14H17BrN2O/c15-12-5-4-11(10-16)14(9-12)17-7-2-1-3-13(17)6-8-18/h4-5,9,13,18H,1-3,6-8H2. The fourth-order valence-electron chi connectivity index (χ4n) is 2.60. The third-order valence-corrected chi connectivity index (χ3v) is 3.97. The summed E-state index contributed by atoms with van der Waals surface area (Å²) in [4.78, 5) is 2.28. The van der Waals surface area contributed by atoms with Crippen molar-refractivity contribution in [2.45, 2.75) is 31.7 Å². The number of aliphatic hydroxyl groups is 1. The molecule has 0 aliphatic carbocycles. The number of anilines is 1. The van der Waals surface area contributed by atoms with E-state index < -0.39 is 0 Å². The summed E-state index contributed by atoms with van der Waals surface area (Å²) in [6.45, 7) is 1.17. The lowest BCUT2D eigenvalue weighted by atomic mass is 9.98. The van der Waals surface area contributed by atoms with E-state index >= 15 is 0 Å². The maximum atomic E-state index is 9.21. The summed E-state index contributed by atoms with van der Waals surface area (Å²) in [6.07, 6.45) is 4.23. The van der Waals surface area contributed by atoms with Gasteiger partial charge in [-0.25, -0.2) is 0 Å². The summed E-state index contributed by atoms with van der Waals surface area (Å²) >= 11 is 3.47. The quantitative estimate of drug-likeness (QED) is 0.933. The minimum Gasteiger partial charge on any atom is -0.396 e. The van der Waals surface area contributed by atoms with Crippen LogP contribution in [0.25, 0.3) is 0 Å². The van der Waals surface area contributed by atoms with Crippen LogP contribution < -0.4 is 4.90 Å². The van der Waals surface area contributed by atoms with E-state index in [9.17, 15) is 5.26 Å². The summed E-state index contributed by atoms with van der Waals surface area (Å²) in [7, 11) is 0. The molecule has 1 saturated heterocycles. The second kappa shape index (κ2) is 6.21. The molecule has 1 fully saturated rings. The fraction of sp³-hybridized carbons (Fsp3) is 0.500. The maximum Gasteiger partial charge on any atom is 0.101 e. The maximum absolute atomic E-state index is 9.21. The predicted octanol–water partition coefficient (Wildman–Crippen LogP) is 3.06. The molecule has 96 valence electrons. The van der Waals surface area contributed by atoms with Gasteiger partial charge in [0.1, 0.15) is 6.07 Å². The first-order chi connectivity index (χ1) is 8.76. The van der Waals surface area contributed by atoms with Crippen molar-refractivity contribution < 1.29 is 5.11 Å². The summed E-state index contributed by atoms with van der Waals surface area (Å²) in [5.41, 5.74) is 1.70. The third-order valence-electron chi connectivity index (χ3n) is 3.48. The van der Waals surface area contributed by atoms with E-state index in [-0.39, 0.29) is 6.61 Å². The van der Waals surface area contributed by atoms with Gasteiger partial charge in [0.2, 0.25) is 0 Å². The molecule has 1 atom stereocenters. The molecule has 0 bridgehead atoms. The van der Waals surface area contributed by atoms with Crippen molar-refractivity contribution in [3.8, 4) is 6.07 Å². The molecule has 0 spiro atoms. The smallest absolute Gasteiger partial charge is 0.101 e. The Morgan fingerprint density at radius 3 is 3.00 bits per heavy atom. The molecule has 0 amide bonds. The van der Waals surface area contributed by atoms with Gasteiger partial charge in [-0.05, 0) is 43.9 Å². The number of aliphatic hydroxyl groups excluding tert-OH is 1. The normalized spacial score (nSPS) is 19.6. The van der Waals surface area contributed by atoms with Gasteiger partial charge in [0.05, 0.1) is 11.3 Å². The van der Waals surface area contributed by atoms with Crippen LogP contribution in [0.5, 0.6) is 0 Å². The SMILES string of the molecule is N#Cc1ccc(Br)cc1N1CCCCC1CCO. The van der Waals surface area contributed by atoms with E-state index in [4.69, 9.17) is 5.11 Å². The first-order valence-corrected chi connectivity index (χ1v) is 7.12. The zero-order chi connectivity index (χ0) is 13.0. The van der Waals surface area contributed by atoms with E-state index in [1.54, 1.807) is 0 Å². The van der Waals surface area contributed by atoms with Gasteiger partial charge < -0.3 is 10.0 Å². The van der Waals surface area contributed by atoms with Gasteiger partial charge >= 0.3 is 0 Å². The van der Waals surface area contributed by atoms with Crippen LogP contribution in [0.4, 0.5) is 5.69 Å². The lowest BCUT2D eigenvalue weighted by molar-refractivity contribution is 0.262. The van der Waals surface area contributed by atoms with Gasteiger partial charge in [0.25, 0.3) is 0 Å². The lowest BCUT2D eigenvalue weighted by Crippen LogP contribution is -2.40. The van der Waals surface area contributed by atoms with E-state index in [1.807, 2.05) is 18.2 Å². The van der Waals surface area contributed by atoms with Gasteiger partial charge in [-0.15, -0.1) is 0 Å². The van der Waals surface area contributed by atoms with Gasteiger partial charge in [-0.2, -0.15) is 5.26 Å². The van der Waals surface area contributed by atoms with Crippen LogP contribution in [-0.4, -0.2) is 24.3 Å². The molecule has 1 unspecified atom stereocenters. The number of benzene rings is 1. The first kappa shape index (κ1) is 13.4. The van der Waals surface area contributed by atoms with Crippen molar-refractivity contribution in [1.29, 1.82) is 5.26 Å². The Bertz CT molecular complexity index is 454. The second-order valence-corrected chi connectivity index (χ2v) is 5.54. The van der Waals surface area contributed by atoms with Crippen LogP contribution in [-0.2, 0) is 0 Å². The largest absolute Gasteiger partial charge is 0.396 e. The molecule has 1 aromatic carbocycles. The van der Waals surface area contributed by atoms with Crippen molar-refractivity contribution >= 4 is 21.6 Å². The third kappa shape index (κ3) is 2.85. The van der Waals surface area contributed by atoms with Gasteiger partial charge in [-0.1, -0.05) is 15.9 Å². The number of rotatable bonds is 3. The highest BCUT2D eigenvalue weighted by molar-refractivity contribution is 9.10. The Morgan fingerprint density at radius 1 is 1.44 bits per heavy atom. The topological polar surface area (TPSA) is 47.3 Å². The van der Waals surface area contributed by atoms with Crippen molar-refractivity contribution in [2.24, 2.45) is 0 Å². The Hall–Kier alpha value is -1.05. The average molecular weight is 309 g/mol. The van der Waals surface area contributed by atoms with Gasteiger partial charge in [0.15, 0.2) is 0 Å². The molecule has 1 N–H and O–H groups in total. The van der Waals surface area contributed by atoms with Crippen molar-refractivity contribution in [1.82, 2.24) is 0 Å². The highest BCUT2D eigenvalue weighted by Crippen LogP contribution is 2.31. The summed E-state index contributed by atoms with van der Waals surface area (Å²) in [5.74, 6) is 0. The molecule has 1 heterocycles. The van der Waals surface area contributed by atoms with Crippen molar-refractivity contribution in [2.75, 3.05) is 18.1 Å². The molecular formula is C14H17BrN2O. The molecular weight excluding hydrogens is 292 g/mol. The van der Waals surface area contributed by atoms with Crippen LogP contribution >= 0.6 is 15.9 Å². The average Bonchev–Trinajstić information content (AvgIpc) is 2.40. The number of piperidine rings is 1. The summed E-state index contributed by atoms with van der Waals surface area (Å²) < 4.78 is 0.991. The van der Waals surface area contributed by atoms with Crippen LogP contribution in [0.1, 0.15) is 31.2 Å². The van der Waals surface area contributed by atoms with E-state index in [0.29, 0.717) is 11.6 Å². The zero-order valence-corrected chi connectivity index (χ0v) is 11.9. The Labute approximate surface area is 116 Å². The first-order valence-electron chi connectivity index (χ1n) is 6.33. The number of nitriles is 1. The van der Waals surface area contributed by atoms with E-state index in [2.05, 4.69) is 26.9 Å². The van der Waals surface area contributed by atoms with E-state index in [0.717, 1.165) is 36.0 Å². The number of hydrogen-bond acceptors (Lipinski definition) is 3. The van der Waals surface area contributed by atoms with E-state index in [1.165, 1.54) is 6.42 Å². The zero-order valence-electron chi connectivity index (χ0n) is 10.3. The van der Waals surface area contributed by atoms with Crippen LogP contribution in [0.3, 0.4) is 0 Å². The molecule has 2 rings (SSSR count). The fourth-order valence-corrected chi connectivity index (χ4v) is 2.95. The number of halogens is 1. The van der Waals surface area contributed by atoms with Crippen molar-refractivity contribution in [3.05, 3.63) is 28.2 Å². The molecule has 18 heavy (non-hydrogen) atoms. The molecule has 0 radical (unpaired) electrons. The van der Waals surface area contributed by atoms with Gasteiger partial charge in [0, 0.05) is 23.7 Å². The predicted molar refractivity (Wildman–Crippen MR) is 75.5 cm³/mol. The Kier molecular flexibility index (Phi) is 4.62. The highest BCUT2D eigenvalue weighted by atomic mass is 79.9. The molecule has 3 nitrogen and oxygen atoms in total. The monoisotopic (exact) mass is 308 g/mol. The summed E-state index contributed by atoms with van der Waals surface area (Å²) in [6, 6.07) is 8.37. The highest BCUT2D eigenvalue weighted by Gasteiger charge is 2.24. The molecule has 4 heteroatoms. The lowest BCUT2D eigenvalue weighted by Gasteiger charge is -2.38. The van der Waals surface area contributed by atoms with Crippen LogP contribution in [0.2, 0.25) is 0 Å². The molecule has 0 aromatic heterocycles.